The zero-order valence-electron chi connectivity index (χ0n) is 33.9. The average Bonchev–Trinajstić information content (AvgIpc) is 3.89. The van der Waals surface area contributed by atoms with Crippen molar-refractivity contribution in [2.24, 2.45) is 27.9 Å². The highest BCUT2D eigenvalue weighted by atomic mass is 16.4. The number of aliphatic hydroxyl groups excluding tert-OH is 2. The molecule has 2 heterocycles. The number of aromatic nitrogens is 3. The van der Waals surface area contributed by atoms with E-state index in [0.717, 1.165) is 17.8 Å². The van der Waals surface area contributed by atoms with Gasteiger partial charge in [0.25, 0.3) is 0 Å². The molecule has 3 aromatic rings. The van der Waals surface area contributed by atoms with E-state index in [1.807, 2.05) is 6.07 Å². The first-order valence-electron chi connectivity index (χ1n) is 19.3. The van der Waals surface area contributed by atoms with Gasteiger partial charge >= 0.3 is 5.97 Å². The largest absolute Gasteiger partial charge is 0.480 e. The van der Waals surface area contributed by atoms with Crippen molar-refractivity contribution in [2.45, 2.75) is 94.3 Å². The molecule has 25 heteroatoms. The third-order valence-corrected chi connectivity index (χ3v) is 9.29. The highest BCUT2D eigenvalue weighted by molar-refractivity contribution is 5.98. The number of nitrogens with two attached hydrogens (primary N) is 4. The van der Waals surface area contributed by atoms with Gasteiger partial charge in [-0.1, -0.05) is 18.2 Å². The summed E-state index contributed by atoms with van der Waals surface area (Å²) in [6.07, 6.45) is 1.71. The van der Waals surface area contributed by atoms with Crippen molar-refractivity contribution in [3.63, 3.8) is 0 Å². The number of aliphatic carboxylic acids is 1. The number of hydrogen-bond acceptors (Lipinski definition) is 13. The fourth-order valence-corrected chi connectivity index (χ4v) is 5.96. The lowest BCUT2D eigenvalue weighted by Gasteiger charge is -2.26. The Hall–Kier alpha value is -7.12. The number of aliphatic hydroxyl groups is 2. The van der Waals surface area contributed by atoms with Crippen LogP contribution in [0.3, 0.4) is 0 Å². The number of fused-ring (bicyclic) bond motifs is 1. The van der Waals surface area contributed by atoms with Crippen molar-refractivity contribution >= 4 is 64.2 Å². The number of rotatable bonds is 25. The number of nitrogens with one attached hydrogen (secondary N) is 8. The highest BCUT2D eigenvalue weighted by Crippen LogP contribution is 2.19. The molecule has 0 spiro atoms. The number of carboxylic acids is 1. The van der Waals surface area contributed by atoms with Crippen molar-refractivity contribution < 1.29 is 53.7 Å². The smallest absolute Gasteiger partial charge is 0.328 e. The van der Waals surface area contributed by atoms with Crippen LogP contribution in [-0.2, 0) is 51.2 Å². The molecule has 2 aromatic heterocycles. The number of para-hydroxylation sites is 1. The van der Waals surface area contributed by atoms with Gasteiger partial charge in [0.05, 0.1) is 25.5 Å². The first-order valence-corrected chi connectivity index (χ1v) is 19.3. The van der Waals surface area contributed by atoms with Crippen LogP contribution < -0.4 is 54.8 Å². The second kappa shape index (κ2) is 23.6. The fourth-order valence-electron chi connectivity index (χ4n) is 5.96. The fraction of sp³-hybridized carbons (Fsp3) is 0.459. The predicted octanol–water partition coefficient (Wildman–Crippen LogP) is -5.68. The normalized spacial score (nSPS) is 14.9. The lowest BCUT2D eigenvalue weighted by atomic mass is 10.0. The van der Waals surface area contributed by atoms with E-state index in [0.29, 0.717) is 11.3 Å². The van der Waals surface area contributed by atoms with E-state index < -0.39 is 109 Å². The quantitative estimate of drug-likeness (QED) is 0.0214. The standard InChI is InChI=1S/C37H54N14O11/c1-17(30(55)48-27(12-28(39)54)35(60)47-24(8-5-9-43-37(40)41)32(57)51-29(18(2)53)36(61)62)46-33(58)26(11-20-14-42-16-45-20)50-34(59)25(49-31(56)22(38)15-52)10-19-13-44-23-7-4-3-6-21(19)23/h3-4,6-7,13-14,16-18,22,24-27,29,44,52-53H,5,8-12,15,38H2,1-2H3,(H2,39,54)(H,42,45)(H,46,58)(H,47,60)(H,48,55)(H,49,56)(H,50,59)(H,51,57)(H,61,62)(H4,40,41,43)/t17-,18+,22-,24-,25-,26-,27-,29-/m0/s1. The molecular weight excluding hydrogens is 816 g/mol. The number of primary amides is 1. The van der Waals surface area contributed by atoms with Crippen LogP contribution >= 0.6 is 0 Å². The topological polar surface area (TPSA) is 430 Å². The molecular formula is C37H54N14O11. The first kappa shape index (κ1) is 49.2. The summed E-state index contributed by atoms with van der Waals surface area (Å²) in [5, 5.41) is 43.9. The van der Waals surface area contributed by atoms with Crippen molar-refractivity contribution in [2.75, 3.05) is 13.2 Å². The van der Waals surface area contributed by atoms with Crippen molar-refractivity contribution in [3.8, 4) is 0 Å². The van der Waals surface area contributed by atoms with E-state index in [4.69, 9.17) is 22.9 Å². The Labute approximate surface area is 354 Å². The second-order valence-electron chi connectivity index (χ2n) is 14.3. The number of aromatic amines is 2. The Morgan fingerprint density at radius 2 is 1.37 bits per heavy atom. The summed E-state index contributed by atoms with van der Waals surface area (Å²) in [7, 11) is 0. The number of hydrogen-bond donors (Lipinski definition) is 15. The molecule has 19 N–H and O–H groups in total. The number of carbonyl (C=O) groups excluding carboxylic acids is 7. The number of nitrogens with zero attached hydrogens (tertiary/aromatic N) is 2. The number of H-pyrrole nitrogens is 2. The van der Waals surface area contributed by atoms with Gasteiger partial charge in [0.15, 0.2) is 12.0 Å². The molecule has 1 aromatic carbocycles. The molecule has 7 amide bonds. The summed E-state index contributed by atoms with van der Waals surface area (Å²) in [4.78, 5) is 118. The van der Waals surface area contributed by atoms with Gasteiger partial charge in [-0.2, -0.15) is 0 Å². The van der Waals surface area contributed by atoms with Crippen LogP contribution in [0.15, 0.2) is 48.0 Å². The monoisotopic (exact) mass is 870 g/mol. The molecule has 0 aliphatic heterocycles. The molecule has 0 aliphatic carbocycles. The van der Waals surface area contributed by atoms with Crippen molar-refractivity contribution in [1.82, 2.24) is 46.9 Å². The summed E-state index contributed by atoms with van der Waals surface area (Å²) < 4.78 is 0. The van der Waals surface area contributed by atoms with E-state index in [-0.39, 0.29) is 38.2 Å². The lowest BCUT2D eigenvalue weighted by Crippen LogP contribution is -2.60. The van der Waals surface area contributed by atoms with E-state index >= 15 is 0 Å². The van der Waals surface area contributed by atoms with Gasteiger partial charge in [-0.25, -0.2) is 9.78 Å². The molecule has 0 saturated carbocycles. The highest BCUT2D eigenvalue weighted by Gasteiger charge is 2.34. The SMILES string of the molecule is C[C@H](NC(=O)[C@H](Cc1cnc[nH]1)NC(=O)[C@H](Cc1c[nH]c2ccccc12)NC(=O)[C@@H](N)CO)C(=O)N[C@@H](CC(N)=O)C(=O)N[C@@H](CCCN=C(N)N)C(=O)N[C@H](C(=O)O)[C@@H](C)O. The summed E-state index contributed by atoms with van der Waals surface area (Å²) >= 11 is 0. The molecule has 0 unspecified atom stereocenters. The summed E-state index contributed by atoms with van der Waals surface area (Å²) in [6, 6.07) is -3.31. The molecule has 0 radical (unpaired) electrons. The maximum atomic E-state index is 13.9. The average molecular weight is 871 g/mol. The van der Waals surface area contributed by atoms with Gasteiger partial charge in [-0.15, -0.1) is 0 Å². The van der Waals surface area contributed by atoms with Crippen LogP contribution in [-0.4, -0.2) is 145 Å². The van der Waals surface area contributed by atoms with Crippen LogP contribution in [0.1, 0.15) is 44.4 Å². The first-order chi connectivity index (χ1) is 29.3. The van der Waals surface area contributed by atoms with Gasteiger partial charge < -0.3 is 80.1 Å². The Kier molecular flexibility index (Phi) is 18.8. The minimum Gasteiger partial charge on any atom is -0.480 e. The van der Waals surface area contributed by atoms with Gasteiger partial charge in [0, 0.05) is 48.4 Å². The molecule has 8 atom stereocenters. The predicted molar refractivity (Wildman–Crippen MR) is 220 cm³/mol. The molecule has 0 bridgehead atoms. The Morgan fingerprint density at radius 1 is 0.774 bits per heavy atom. The molecule has 62 heavy (non-hydrogen) atoms. The number of carbonyl (C=O) groups is 8. The summed E-state index contributed by atoms with van der Waals surface area (Å²) in [6.45, 7) is 1.64. The third-order valence-electron chi connectivity index (χ3n) is 9.29. The Balaban J connectivity index is 1.81. The van der Waals surface area contributed by atoms with Crippen LogP contribution in [0.25, 0.3) is 10.9 Å². The third kappa shape index (κ3) is 15.2. The van der Waals surface area contributed by atoms with E-state index in [2.05, 4.69) is 51.8 Å². The Bertz CT molecular complexity index is 2070. The minimum atomic E-state index is -1.76. The van der Waals surface area contributed by atoms with E-state index in [9.17, 15) is 53.7 Å². The van der Waals surface area contributed by atoms with Crippen LogP contribution in [0, 0.1) is 0 Å². The second-order valence-corrected chi connectivity index (χ2v) is 14.3. The van der Waals surface area contributed by atoms with Crippen molar-refractivity contribution in [1.29, 1.82) is 0 Å². The van der Waals surface area contributed by atoms with Gasteiger partial charge in [0.2, 0.25) is 41.4 Å². The molecule has 0 saturated heterocycles. The number of imidazole rings is 1. The van der Waals surface area contributed by atoms with Crippen molar-refractivity contribution in [3.05, 3.63) is 54.2 Å². The lowest BCUT2D eigenvalue weighted by molar-refractivity contribution is -0.145. The van der Waals surface area contributed by atoms with Gasteiger partial charge in [0.1, 0.15) is 36.3 Å². The van der Waals surface area contributed by atoms with E-state index in [1.54, 1.807) is 24.4 Å². The number of amides is 7. The van der Waals surface area contributed by atoms with Crippen LogP contribution in [0.2, 0.25) is 0 Å². The minimum absolute atomic E-state index is 0.00149. The molecule has 25 nitrogen and oxygen atoms in total. The molecule has 0 fully saturated rings. The molecule has 338 valence electrons. The molecule has 0 aliphatic rings. The van der Waals surface area contributed by atoms with E-state index in [1.165, 1.54) is 19.4 Å². The number of aliphatic imine (C=N–C) groups is 1. The zero-order valence-corrected chi connectivity index (χ0v) is 33.9. The van der Waals surface area contributed by atoms with Crippen LogP contribution in [0.5, 0.6) is 0 Å². The van der Waals surface area contributed by atoms with Gasteiger partial charge in [-0.05, 0) is 38.3 Å². The van der Waals surface area contributed by atoms with Crippen LogP contribution in [0.4, 0.5) is 0 Å². The number of guanidine groups is 1. The summed E-state index contributed by atoms with van der Waals surface area (Å²) in [5.74, 6) is -8.60. The molecule has 3 rings (SSSR count). The number of carboxylic acid groups (broad SMARTS) is 1. The maximum Gasteiger partial charge on any atom is 0.328 e. The number of benzene rings is 1. The Morgan fingerprint density at radius 3 is 1.98 bits per heavy atom. The van der Waals surface area contributed by atoms with Gasteiger partial charge in [-0.3, -0.25) is 38.6 Å². The zero-order chi connectivity index (χ0) is 46.1. The maximum absolute atomic E-state index is 13.9. The summed E-state index contributed by atoms with van der Waals surface area (Å²) in [5.41, 5.74) is 23.5.